The average Bonchev–Trinajstić information content (AvgIpc) is 2.22. The van der Waals surface area contributed by atoms with Crippen molar-refractivity contribution in [1.29, 1.82) is 0 Å². The maximum atomic E-state index is 5.84. The Morgan fingerprint density at radius 2 is 2.14 bits per heavy atom. The zero-order valence-electron chi connectivity index (χ0n) is 9.72. The largest absolute Gasteiger partial charge is 0.328 e. The SMILES string of the molecule is B/C(C=C)=C/C=C(\C)CCC(N)CC. The lowest BCUT2D eigenvalue weighted by Gasteiger charge is -2.07. The Balaban J connectivity index is 3.95. The Bertz CT molecular complexity index is 228. The predicted octanol–water partition coefficient (Wildman–Crippen LogP) is 2.15. The minimum absolute atomic E-state index is 0.350. The van der Waals surface area contributed by atoms with Gasteiger partial charge in [0.1, 0.15) is 7.85 Å². The molecule has 0 aliphatic carbocycles. The number of nitrogens with two attached hydrogens (primary N) is 1. The van der Waals surface area contributed by atoms with Crippen LogP contribution in [-0.2, 0) is 0 Å². The van der Waals surface area contributed by atoms with Crippen LogP contribution in [0.4, 0.5) is 0 Å². The van der Waals surface area contributed by atoms with Crippen molar-refractivity contribution in [2.75, 3.05) is 0 Å². The van der Waals surface area contributed by atoms with E-state index in [4.69, 9.17) is 5.73 Å². The molecule has 0 aromatic rings. The highest BCUT2D eigenvalue weighted by molar-refractivity contribution is 6.23. The molecule has 0 saturated heterocycles. The number of hydrogen-bond acceptors (Lipinski definition) is 1. The van der Waals surface area contributed by atoms with Gasteiger partial charge in [0.15, 0.2) is 0 Å². The van der Waals surface area contributed by atoms with E-state index in [0.29, 0.717) is 6.04 Å². The van der Waals surface area contributed by atoms with E-state index in [1.54, 1.807) is 0 Å². The summed E-state index contributed by atoms with van der Waals surface area (Å²) in [6.07, 6.45) is 9.35. The maximum Gasteiger partial charge on any atom is 0.139 e. The Morgan fingerprint density at radius 3 is 2.64 bits per heavy atom. The van der Waals surface area contributed by atoms with E-state index in [1.165, 1.54) is 11.0 Å². The van der Waals surface area contributed by atoms with Gasteiger partial charge >= 0.3 is 0 Å². The van der Waals surface area contributed by atoms with Crippen LogP contribution in [0.3, 0.4) is 0 Å². The van der Waals surface area contributed by atoms with Gasteiger partial charge in [-0.2, -0.15) is 0 Å². The van der Waals surface area contributed by atoms with Crippen LogP contribution in [0.15, 0.2) is 35.9 Å². The molecule has 14 heavy (non-hydrogen) atoms. The molecule has 2 N–H and O–H groups in total. The van der Waals surface area contributed by atoms with E-state index in [0.717, 1.165) is 19.3 Å². The molecule has 1 nitrogen and oxygen atoms in total. The molecule has 0 fully saturated rings. The molecular formula is C12H22BN. The van der Waals surface area contributed by atoms with Crippen LogP contribution in [0.2, 0.25) is 0 Å². The third kappa shape index (κ3) is 6.73. The van der Waals surface area contributed by atoms with Crippen LogP contribution in [0, 0.1) is 0 Å². The van der Waals surface area contributed by atoms with E-state index < -0.39 is 0 Å². The molecular weight excluding hydrogens is 169 g/mol. The van der Waals surface area contributed by atoms with E-state index in [1.807, 2.05) is 6.08 Å². The Morgan fingerprint density at radius 1 is 1.50 bits per heavy atom. The van der Waals surface area contributed by atoms with E-state index >= 15 is 0 Å². The predicted molar refractivity (Wildman–Crippen MR) is 68.1 cm³/mol. The van der Waals surface area contributed by atoms with Gasteiger partial charge in [0.05, 0.1) is 0 Å². The summed E-state index contributed by atoms with van der Waals surface area (Å²) in [6.45, 7) is 7.99. The molecule has 0 saturated carbocycles. The number of allylic oxidation sites excluding steroid dienone is 5. The van der Waals surface area contributed by atoms with Crippen molar-refractivity contribution in [2.45, 2.75) is 39.2 Å². The van der Waals surface area contributed by atoms with Crippen molar-refractivity contribution in [3.63, 3.8) is 0 Å². The minimum Gasteiger partial charge on any atom is -0.328 e. The molecule has 0 aromatic carbocycles. The molecule has 0 heterocycles. The third-order valence-corrected chi connectivity index (χ3v) is 2.39. The van der Waals surface area contributed by atoms with Gasteiger partial charge in [0, 0.05) is 6.04 Å². The zero-order chi connectivity index (χ0) is 11.0. The fourth-order valence-electron chi connectivity index (χ4n) is 1.04. The summed E-state index contributed by atoms with van der Waals surface area (Å²) >= 11 is 0. The highest BCUT2D eigenvalue weighted by Crippen LogP contribution is 2.08. The van der Waals surface area contributed by atoms with Crippen LogP contribution >= 0.6 is 0 Å². The highest BCUT2D eigenvalue weighted by Gasteiger charge is 1.98. The molecule has 0 aliphatic heterocycles. The highest BCUT2D eigenvalue weighted by atomic mass is 14.6. The third-order valence-electron chi connectivity index (χ3n) is 2.39. The standard InChI is InChI=1S/C12H22BN/c1-4-11(13)8-6-10(3)7-9-12(14)5-2/h4,6,8,12H,1,5,7,9,13-14H2,2-3H3/b10-6+,11-8+. The van der Waals surface area contributed by atoms with E-state index in [9.17, 15) is 0 Å². The van der Waals surface area contributed by atoms with E-state index in [2.05, 4.69) is 40.4 Å². The van der Waals surface area contributed by atoms with Crippen molar-refractivity contribution in [1.82, 2.24) is 0 Å². The van der Waals surface area contributed by atoms with Crippen LogP contribution in [0.5, 0.6) is 0 Å². The van der Waals surface area contributed by atoms with Crippen LogP contribution in [-0.4, -0.2) is 13.9 Å². The Kier molecular flexibility index (Phi) is 7.22. The molecule has 1 atom stereocenters. The van der Waals surface area contributed by atoms with Gasteiger partial charge in [0.25, 0.3) is 0 Å². The van der Waals surface area contributed by atoms with Gasteiger partial charge in [0.2, 0.25) is 0 Å². The monoisotopic (exact) mass is 191 g/mol. The molecule has 2 heteroatoms. The number of hydrogen-bond donors (Lipinski definition) is 1. The Labute approximate surface area is 89.2 Å². The number of rotatable bonds is 6. The van der Waals surface area contributed by atoms with Gasteiger partial charge in [-0.1, -0.05) is 42.8 Å². The van der Waals surface area contributed by atoms with Gasteiger partial charge in [-0.25, -0.2) is 0 Å². The minimum atomic E-state index is 0.350. The smallest absolute Gasteiger partial charge is 0.139 e. The van der Waals surface area contributed by atoms with E-state index in [-0.39, 0.29) is 0 Å². The fraction of sp³-hybridized carbons (Fsp3) is 0.500. The summed E-state index contributed by atoms with van der Waals surface area (Å²) < 4.78 is 0. The van der Waals surface area contributed by atoms with Crippen LogP contribution in [0.1, 0.15) is 33.1 Å². The summed E-state index contributed by atoms with van der Waals surface area (Å²) in [7, 11) is 2.05. The second-order valence-electron chi connectivity index (χ2n) is 3.83. The molecule has 0 amide bonds. The molecule has 0 rings (SSSR count). The van der Waals surface area contributed by atoms with Crippen LogP contribution < -0.4 is 5.73 Å². The first-order valence-electron chi connectivity index (χ1n) is 5.32. The normalized spacial score (nSPS) is 15.4. The fourth-order valence-corrected chi connectivity index (χ4v) is 1.04. The maximum absolute atomic E-state index is 5.84. The summed E-state index contributed by atoms with van der Waals surface area (Å²) in [5.74, 6) is 0. The molecule has 1 unspecified atom stereocenters. The summed E-state index contributed by atoms with van der Waals surface area (Å²) in [5.41, 5.74) is 8.43. The topological polar surface area (TPSA) is 26.0 Å². The van der Waals surface area contributed by atoms with Crippen molar-refractivity contribution in [2.24, 2.45) is 5.73 Å². The van der Waals surface area contributed by atoms with Crippen molar-refractivity contribution >= 4 is 7.85 Å². The van der Waals surface area contributed by atoms with Gasteiger partial charge in [-0.05, 0) is 26.2 Å². The molecule has 0 radical (unpaired) electrons. The van der Waals surface area contributed by atoms with Gasteiger partial charge in [-0.3, -0.25) is 0 Å². The second kappa shape index (κ2) is 7.63. The average molecular weight is 191 g/mol. The lowest BCUT2D eigenvalue weighted by molar-refractivity contribution is 0.594. The quantitative estimate of drug-likeness (QED) is 0.505. The van der Waals surface area contributed by atoms with Crippen molar-refractivity contribution in [3.8, 4) is 0 Å². The van der Waals surface area contributed by atoms with Crippen LogP contribution in [0.25, 0.3) is 0 Å². The summed E-state index contributed by atoms with van der Waals surface area (Å²) in [5, 5.41) is 0. The van der Waals surface area contributed by atoms with Crippen molar-refractivity contribution < 1.29 is 0 Å². The summed E-state index contributed by atoms with van der Waals surface area (Å²) in [6, 6.07) is 0.350. The van der Waals surface area contributed by atoms with Gasteiger partial charge < -0.3 is 5.73 Å². The first-order chi connectivity index (χ1) is 6.60. The molecule has 0 bridgehead atoms. The zero-order valence-corrected chi connectivity index (χ0v) is 9.72. The summed E-state index contributed by atoms with van der Waals surface area (Å²) in [4.78, 5) is 0. The molecule has 0 spiro atoms. The second-order valence-corrected chi connectivity index (χ2v) is 3.83. The molecule has 78 valence electrons. The first kappa shape index (κ1) is 13.2. The van der Waals surface area contributed by atoms with Gasteiger partial charge in [-0.15, -0.1) is 0 Å². The Hall–Kier alpha value is -0.755. The first-order valence-corrected chi connectivity index (χ1v) is 5.32. The molecule has 0 aliphatic rings. The molecule has 0 aromatic heterocycles. The lowest BCUT2D eigenvalue weighted by Crippen LogP contribution is -2.17. The van der Waals surface area contributed by atoms with Crippen molar-refractivity contribution in [3.05, 3.63) is 35.9 Å². The lowest BCUT2D eigenvalue weighted by atomic mass is 9.95.